The molecule has 2 aliphatic rings. The number of imide groups is 1. The lowest BCUT2D eigenvalue weighted by Crippen LogP contribution is -2.42. The van der Waals surface area contributed by atoms with Gasteiger partial charge in [-0.2, -0.15) is 0 Å². The van der Waals surface area contributed by atoms with E-state index in [0.717, 1.165) is 42.3 Å². The van der Waals surface area contributed by atoms with Gasteiger partial charge in [-0.05, 0) is 48.4 Å². The normalized spacial score (nSPS) is 20.2. The highest BCUT2D eigenvalue weighted by atomic mass is 32.2. The highest BCUT2D eigenvalue weighted by Crippen LogP contribution is 2.32. The lowest BCUT2D eigenvalue weighted by molar-refractivity contribution is -0.135. The van der Waals surface area contributed by atoms with E-state index < -0.39 is 11.1 Å². The second-order valence-electron chi connectivity index (χ2n) is 6.16. The minimum absolute atomic E-state index is 0.0873. The maximum atomic E-state index is 12.5. The number of rotatable bonds is 3. The van der Waals surface area contributed by atoms with Crippen LogP contribution < -0.4 is 0 Å². The molecule has 0 radical (unpaired) electrons. The number of amides is 3. The highest BCUT2D eigenvalue weighted by Gasteiger charge is 2.37. The smallest absolute Gasteiger partial charge is 0.294 e. The van der Waals surface area contributed by atoms with Gasteiger partial charge in [0.25, 0.3) is 11.1 Å². The highest BCUT2D eigenvalue weighted by molar-refractivity contribution is 8.18. The zero-order valence-electron chi connectivity index (χ0n) is 13.8. The van der Waals surface area contributed by atoms with Gasteiger partial charge in [0, 0.05) is 13.1 Å². The number of nitrogens with zero attached hydrogens (tertiary/aromatic N) is 2. The molecule has 0 aromatic heterocycles. The summed E-state index contributed by atoms with van der Waals surface area (Å²) >= 11 is 0.821. The molecule has 25 heavy (non-hydrogen) atoms. The van der Waals surface area contributed by atoms with Gasteiger partial charge in [0.05, 0.1) is 4.91 Å². The maximum absolute atomic E-state index is 12.5. The third-order valence-electron chi connectivity index (χ3n) is 4.29. The van der Waals surface area contributed by atoms with E-state index in [-0.39, 0.29) is 23.1 Å². The van der Waals surface area contributed by atoms with Crippen molar-refractivity contribution in [2.24, 2.45) is 0 Å². The number of benzene rings is 1. The van der Waals surface area contributed by atoms with Crippen LogP contribution >= 0.6 is 11.8 Å². The van der Waals surface area contributed by atoms with Gasteiger partial charge in [0.1, 0.15) is 12.3 Å². The maximum Gasteiger partial charge on any atom is 0.294 e. The summed E-state index contributed by atoms with van der Waals surface area (Å²) < 4.78 is 0. The first-order valence-electron chi connectivity index (χ1n) is 8.37. The number of hydrogen-bond acceptors (Lipinski definition) is 5. The second-order valence-corrected chi connectivity index (χ2v) is 7.15. The van der Waals surface area contributed by atoms with Crippen LogP contribution in [0.5, 0.6) is 5.75 Å². The minimum atomic E-state index is -0.457. The van der Waals surface area contributed by atoms with Crippen LogP contribution in [0.4, 0.5) is 4.79 Å². The van der Waals surface area contributed by atoms with E-state index in [9.17, 15) is 19.5 Å². The van der Waals surface area contributed by atoms with Crippen LogP contribution in [0.1, 0.15) is 31.2 Å². The zero-order chi connectivity index (χ0) is 17.8. The number of phenols is 1. The van der Waals surface area contributed by atoms with Crippen molar-refractivity contribution >= 4 is 34.9 Å². The number of aromatic hydroxyl groups is 1. The van der Waals surface area contributed by atoms with Gasteiger partial charge >= 0.3 is 0 Å². The van der Waals surface area contributed by atoms with Crippen molar-refractivity contribution in [2.75, 3.05) is 19.6 Å². The molecule has 1 aromatic carbocycles. The Morgan fingerprint density at radius 2 is 1.88 bits per heavy atom. The number of carbonyl (C=O) groups is 3. The Morgan fingerprint density at radius 3 is 2.56 bits per heavy atom. The molecule has 1 N–H and O–H groups in total. The van der Waals surface area contributed by atoms with E-state index in [0.29, 0.717) is 18.7 Å². The lowest BCUT2D eigenvalue weighted by atomic mass is 10.2. The van der Waals surface area contributed by atoms with Crippen molar-refractivity contribution in [1.82, 2.24) is 9.80 Å². The van der Waals surface area contributed by atoms with Crippen LogP contribution in [0.15, 0.2) is 29.2 Å². The van der Waals surface area contributed by atoms with Crippen molar-refractivity contribution < 1.29 is 19.5 Å². The SMILES string of the molecule is O=C(CN1C(=O)S/C(=C\c2cccc(O)c2)C1=O)N1CCCCCC1. The Morgan fingerprint density at radius 1 is 1.16 bits per heavy atom. The molecule has 3 rings (SSSR count). The molecule has 0 spiro atoms. The van der Waals surface area contributed by atoms with E-state index in [1.54, 1.807) is 23.1 Å². The minimum Gasteiger partial charge on any atom is -0.508 e. The van der Waals surface area contributed by atoms with Crippen LogP contribution in [0.2, 0.25) is 0 Å². The van der Waals surface area contributed by atoms with Gasteiger partial charge in [0.15, 0.2) is 0 Å². The van der Waals surface area contributed by atoms with Crippen molar-refractivity contribution in [1.29, 1.82) is 0 Å². The number of carbonyl (C=O) groups excluding carboxylic acids is 3. The summed E-state index contributed by atoms with van der Waals surface area (Å²) in [6.07, 6.45) is 5.70. The van der Waals surface area contributed by atoms with Crippen molar-refractivity contribution in [3.8, 4) is 5.75 Å². The van der Waals surface area contributed by atoms with Crippen LogP contribution in [0, 0.1) is 0 Å². The first kappa shape index (κ1) is 17.5. The van der Waals surface area contributed by atoms with E-state index >= 15 is 0 Å². The second kappa shape index (κ2) is 7.74. The van der Waals surface area contributed by atoms with Gasteiger partial charge in [-0.3, -0.25) is 19.3 Å². The molecule has 2 saturated heterocycles. The third-order valence-corrected chi connectivity index (χ3v) is 5.20. The van der Waals surface area contributed by atoms with Crippen LogP contribution in [-0.2, 0) is 9.59 Å². The van der Waals surface area contributed by atoms with Gasteiger partial charge < -0.3 is 10.0 Å². The summed E-state index contributed by atoms with van der Waals surface area (Å²) in [5.41, 5.74) is 0.629. The first-order valence-corrected chi connectivity index (χ1v) is 9.18. The summed E-state index contributed by atoms with van der Waals surface area (Å²) in [7, 11) is 0. The van der Waals surface area contributed by atoms with Crippen molar-refractivity contribution in [3.63, 3.8) is 0 Å². The average Bonchev–Trinajstić information content (AvgIpc) is 2.79. The fourth-order valence-corrected chi connectivity index (χ4v) is 3.80. The average molecular weight is 360 g/mol. The molecule has 132 valence electrons. The fraction of sp³-hybridized carbons (Fsp3) is 0.389. The molecular formula is C18H20N2O4S. The lowest BCUT2D eigenvalue weighted by Gasteiger charge is -2.22. The number of phenolic OH excluding ortho intramolecular Hbond substituents is 1. The standard InChI is InChI=1S/C18H20N2O4S/c21-14-7-5-6-13(10-14)11-15-17(23)20(18(24)25-15)12-16(22)19-8-3-1-2-4-9-19/h5-7,10-11,21H,1-4,8-9,12H2/b15-11-. The zero-order valence-corrected chi connectivity index (χ0v) is 14.6. The summed E-state index contributed by atoms with van der Waals surface area (Å²) in [6, 6.07) is 6.43. The Labute approximate surface area is 150 Å². The van der Waals surface area contributed by atoms with Gasteiger partial charge in [0.2, 0.25) is 5.91 Å². The summed E-state index contributed by atoms with van der Waals surface area (Å²) in [4.78, 5) is 40.1. The predicted octanol–water partition coefficient (Wildman–Crippen LogP) is 2.83. The topological polar surface area (TPSA) is 77.9 Å². The van der Waals surface area contributed by atoms with E-state index in [2.05, 4.69) is 0 Å². The Balaban J connectivity index is 1.69. The Bertz CT molecular complexity index is 724. The van der Waals surface area contributed by atoms with Gasteiger partial charge in [-0.25, -0.2) is 0 Å². The van der Waals surface area contributed by atoms with Gasteiger partial charge in [-0.1, -0.05) is 25.0 Å². The van der Waals surface area contributed by atoms with E-state index in [4.69, 9.17) is 0 Å². The summed E-state index contributed by atoms with van der Waals surface area (Å²) in [5.74, 6) is -0.548. The molecule has 0 unspecified atom stereocenters. The molecule has 0 atom stereocenters. The predicted molar refractivity (Wildman–Crippen MR) is 95.8 cm³/mol. The first-order chi connectivity index (χ1) is 12.0. The molecule has 7 heteroatoms. The van der Waals surface area contributed by atoms with E-state index in [1.807, 2.05) is 0 Å². The summed E-state index contributed by atoms with van der Waals surface area (Å²) in [6.45, 7) is 1.17. The number of likely N-dealkylation sites (tertiary alicyclic amines) is 1. The third kappa shape index (κ3) is 4.22. The molecule has 2 heterocycles. The summed E-state index contributed by atoms with van der Waals surface area (Å²) in [5, 5.41) is 9.06. The van der Waals surface area contributed by atoms with Gasteiger partial charge in [-0.15, -0.1) is 0 Å². The largest absolute Gasteiger partial charge is 0.508 e. The number of hydrogen-bond donors (Lipinski definition) is 1. The number of thioether (sulfide) groups is 1. The monoisotopic (exact) mass is 360 g/mol. The Hall–Kier alpha value is -2.28. The van der Waals surface area contributed by atoms with Crippen LogP contribution in [0.25, 0.3) is 6.08 Å². The molecule has 2 aliphatic heterocycles. The molecule has 6 nitrogen and oxygen atoms in total. The molecule has 1 aromatic rings. The van der Waals surface area contributed by atoms with Crippen molar-refractivity contribution in [2.45, 2.75) is 25.7 Å². The molecule has 2 fully saturated rings. The molecule has 0 saturated carbocycles. The molecule has 3 amide bonds. The van der Waals surface area contributed by atoms with Crippen LogP contribution in [0.3, 0.4) is 0 Å². The van der Waals surface area contributed by atoms with E-state index in [1.165, 1.54) is 12.1 Å². The molecular weight excluding hydrogens is 340 g/mol. The van der Waals surface area contributed by atoms with Crippen LogP contribution in [-0.4, -0.2) is 51.6 Å². The van der Waals surface area contributed by atoms with Crippen molar-refractivity contribution in [3.05, 3.63) is 34.7 Å². The quantitative estimate of drug-likeness (QED) is 0.839. The molecule has 0 aliphatic carbocycles. The fourth-order valence-electron chi connectivity index (χ4n) is 2.96. The Kier molecular flexibility index (Phi) is 5.43. The molecule has 0 bridgehead atoms.